The fraction of sp³-hybridized carbons (Fsp3) is 0.562. The molecule has 0 aliphatic heterocycles. The normalized spacial score (nSPS) is 13.9. The monoisotopic (exact) mass is 312 g/mol. The molecule has 1 heterocycles. The van der Waals surface area contributed by atoms with Crippen molar-refractivity contribution in [1.29, 1.82) is 0 Å². The first-order valence-corrected chi connectivity index (χ1v) is 7.95. The highest BCUT2D eigenvalue weighted by Gasteiger charge is 2.22. The smallest absolute Gasteiger partial charge is 0.111 e. The molecule has 0 aliphatic rings. The lowest BCUT2D eigenvalue weighted by molar-refractivity contribution is 0.233. The highest BCUT2D eigenvalue weighted by Crippen LogP contribution is 2.30. The second kappa shape index (κ2) is 5.95. The molecule has 0 fully saturated rings. The quantitative estimate of drug-likeness (QED) is 0.713. The molecule has 1 atom stereocenters. The van der Waals surface area contributed by atoms with Crippen LogP contribution in [-0.2, 0) is 13.0 Å². The zero-order valence-electron chi connectivity index (χ0n) is 12.6. The van der Waals surface area contributed by atoms with E-state index in [1.165, 1.54) is 0 Å². The Morgan fingerprint density at radius 2 is 2.00 bits per heavy atom. The van der Waals surface area contributed by atoms with E-state index >= 15 is 0 Å². The zero-order valence-corrected chi connectivity index (χ0v) is 14.1. The van der Waals surface area contributed by atoms with Crippen molar-refractivity contribution < 1.29 is 0 Å². The number of rotatable bonds is 4. The van der Waals surface area contributed by atoms with Crippen LogP contribution in [-0.4, -0.2) is 15.4 Å². The molecule has 0 saturated carbocycles. The van der Waals surface area contributed by atoms with Crippen molar-refractivity contribution in [3.63, 3.8) is 0 Å². The molecule has 1 aromatic carbocycles. The lowest BCUT2D eigenvalue weighted by Gasteiger charge is -2.28. The van der Waals surface area contributed by atoms with Gasteiger partial charge in [-0.05, 0) is 23.5 Å². The maximum absolute atomic E-state index is 6.26. The van der Waals surface area contributed by atoms with Crippen molar-refractivity contribution in [2.24, 2.45) is 11.3 Å². The van der Waals surface area contributed by atoms with Crippen LogP contribution in [0.3, 0.4) is 0 Å². The van der Waals surface area contributed by atoms with Crippen LogP contribution >= 0.6 is 23.2 Å². The predicted octanol–water partition coefficient (Wildman–Crippen LogP) is 5.15. The van der Waals surface area contributed by atoms with Crippen LogP contribution in [0.15, 0.2) is 18.2 Å². The molecule has 0 spiro atoms. The lowest BCUT2D eigenvalue weighted by atomic mass is 9.82. The van der Waals surface area contributed by atoms with Gasteiger partial charge in [-0.3, -0.25) is 0 Å². The molecule has 0 radical (unpaired) electrons. The average Bonchev–Trinajstić information content (AvgIpc) is 2.69. The molecule has 0 amide bonds. The van der Waals surface area contributed by atoms with Crippen molar-refractivity contribution in [2.45, 2.75) is 40.7 Å². The predicted molar refractivity (Wildman–Crippen MR) is 87.8 cm³/mol. The Labute approximate surface area is 131 Å². The van der Waals surface area contributed by atoms with E-state index in [-0.39, 0.29) is 5.41 Å². The number of benzene rings is 1. The van der Waals surface area contributed by atoms with Gasteiger partial charge in [0.1, 0.15) is 11.3 Å². The summed E-state index contributed by atoms with van der Waals surface area (Å²) in [6.07, 6.45) is 0.767. The third-order valence-corrected chi connectivity index (χ3v) is 4.56. The summed E-state index contributed by atoms with van der Waals surface area (Å²) >= 11 is 12.2. The summed E-state index contributed by atoms with van der Waals surface area (Å²) in [6, 6.07) is 5.95. The van der Waals surface area contributed by atoms with Crippen LogP contribution in [0, 0.1) is 11.3 Å². The number of alkyl halides is 1. The third kappa shape index (κ3) is 3.12. The Morgan fingerprint density at radius 1 is 1.30 bits per heavy atom. The zero-order chi connectivity index (χ0) is 14.9. The van der Waals surface area contributed by atoms with Crippen molar-refractivity contribution in [2.75, 3.05) is 5.88 Å². The Bertz CT molecular complexity index is 596. The average molecular weight is 313 g/mol. The molecule has 20 heavy (non-hydrogen) atoms. The largest absolute Gasteiger partial charge is 0.328 e. The van der Waals surface area contributed by atoms with Crippen LogP contribution in [0.5, 0.6) is 0 Å². The molecular formula is C16H22Cl2N2. The van der Waals surface area contributed by atoms with Gasteiger partial charge in [-0.15, -0.1) is 11.6 Å². The van der Waals surface area contributed by atoms with E-state index in [1.807, 2.05) is 12.1 Å². The van der Waals surface area contributed by atoms with Gasteiger partial charge in [0, 0.05) is 18.8 Å². The number of aromatic nitrogens is 2. The Balaban J connectivity index is 2.49. The minimum absolute atomic E-state index is 0.257. The molecule has 0 bridgehead atoms. The number of para-hydroxylation sites is 1. The molecule has 1 aromatic heterocycles. The number of fused-ring (bicyclic) bond motifs is 1. The van der Waals surface area contributed by atoms with E-state index in [2.05, 4.69) is 43.3 Å². The van der Waals surface area contributed by atoms with E-state index in [0.29, 0.717) is 16.8 Å². The fourth-order valence-corrected chi connectivity index (χ4v) is 2.57. The van der Waals surface area contributed by atoms with Crippen LogP contribution < -0.4 is 0 Å². The Hall–Kier alpha value is -0.730. The van der Waals surface area contributed by atoms with Crippen LogP contribution in [0.1, 0.15) is 33.5 Å². The molecule has 0 aliphatic carbocycles. The van der Waals surface area contributed by atoms with E-state index < -0.39 is 0 Å². The minimum Gasteiger partial charge on any atom is -0.328 e. The van der Waals surface area contributed by atoms with Gasteiger partial charge in [0.05, 0.1) is 10.5 Å². The first-order chi connectivity index (χ1) is 9.34. The third-order valence-electron chi connectivity index (χ3n) is 4.06. The second-order valence-electron chi connectivity index (χ2n) is 6.45. The molecule has 110 valence electrons. The highest BCUT2D eigenvalue weighted by atomic mass is 35.5. The van der Waals surface area contributed by atoms with Crippen molar-refractivity contribution in [3.05, 3.63) is 29.0 Å². The maximum atomic E-state index is 6.26. The Morgan fingerprint density at radius 3 is 2.60 bits per heavy atom. The van der Waals surface area contributed by atoms with E-state index in [9.17, 15) is 0 Å². The van der Waals surface area contributed by atoms with Crippen LogP contribution in [0.2, 0.25) is 5.02 Å². The van der Waals surface area contributed by atoms with Gasteiger partial charge in [0.25, 0.3) is 0 Å². The number of hydrogen-bond acceptors (Lipinski definition) is 1. The number of halogens is 2. The number of aryl methyl sites for hydroxylation is 1. The van der Waals surface area contributed by atoms with Gasteiger partial charge in [0.2, 0.25) is 0 Å². The maximum Gasteiger partial charge on any atom is 0.111 e. The van der Waals surface area contributed by atoms with Gasteiger partial charge in [-0.2, -0.15) is 0 Å². The number of nitrogens with zero attached hydrogens (tertiary/aromatic N) is 2. The number of hydrogen-bond donors (Lipinski definition) is 0. The highest BCUT2D eigenvalue weighted by molar-refractivity contribution is 6.34. The molecule has 2 rings (SSSR count). The van der Waals surface area contributed by atoms with E-state index in [1.54, 1.807) is 0 Å². The molecule has 1 unspecified atom stereocenters. The summed E-state index contributed by atoms with van der Waals surface area (Å²) in [4.78, 5) is 4.68. The van der Waals surface area contributed by atoms with Crippen LogP contribution in [0.25, 0.3) is 11.0 Å². The Kier molecular flexibility index (Phi) is 4.66. The van der Waals surface area contributed by atoms with Crippen molar-refractivity contribution >= 4 is 34.2 Å². The molecule has 4 heteroatoms. The summed E-state index contributed by atoms with van der Waals surface area (Å²) in [5.41, 5.74) is 2.25. The fourth-order valence-electron chi connectivity index (χ4n) is 2.19. The van der Waals surface area contributed by atoms with Gasteiger partial charge in [-0.1, -0.05) is 45.4 Å². The van der Waals surface area contributed by atoms with Gasteiger partial charge in [-0.25, -0.2) is 4.98 Å². The van der Waals surface area contributed by atoms with Gasteiger partial charge in [0.15, 0.2) is 0 Å². The van der Waals surface area contributed by atoms with Crippen molar-refractivity contribution in [3.8, 4) is 0 Å². The summed E-state index contributed by atoms with van der Waals surface area (Å²) in [5.74, 6) is 2.14. The SMILES string of the molecule is CC(Cn1c(CCCl)nc2c(Cl)cccc21)C(C)(C)C. The standard InChI is InChI=1S/C16H22Cl2N2/c1-11(16(2,3)4)10-20-13-7-5-6-12(18)15(13)19-14(20)8-9-17/h5-7,11H,8-10H2,1-4H3. The molecule has 2 nitrogen and oxygen atoms in total. The summed E-state index contributed by atoms with van der Waals surface area (Å²) in [7, 11) is 0. The van der Waals surface area contributed by atoms with Gasteiger partial charge >= 0.3 is 0 Å². The molecule has 0 saturated heterocycles. The first-order valence-electron chi connectivity index (χ1n) is 7.04. The summed E-state index contributed by atoms with van der Waals surface area (Å²) < 4.78 is 2.28. The number of imidazole rings is 1. The lowest BCUT2D eigenvalue weighted by Crippen LogP contribution is -2.23. The van der Waals surface area contributed by atoms with Gasteiger partial charge < -0.3 is 4.57 Å². The topological polar surface area (TPSA) is 17.8 Å². The van der Waals surface area contributed by atoms with Crippen molar-refractivity contribution in [1.82, 2.24) is 9.55 Å². The molecule has 2 aromatic rings. The van der Waals surface area contributed by atoms with E-state index in [4.69, 9.17) is 23.2 Å². The molecule has 0 N–H and O–H groups in total. The summed E-state index contributed by atoms with van der Waals surface area (Å²) in [5, 5.41) is 0.709. The molecular weight excluding hydrogens is 291 g/mol. The first kappa shape index (κ1) is 15.7. The van der Waals surface area contributed by atoms with E-state index in [0.717, 1.165) is 29.8 Å². The van der Waals surface area contributed by atoms with Crippen LogP contribution in [0.4, 0.5) is 0 Å². The second-order valence-corrected chi connectivity index (χ2v) is 7.24. The minimum atomic E-state index is 0.257. The summed E-state index contributed by atoms with van der Waals surface area (Å²) in [6.45, 7) is 10.0.